The van der Waals surface area contributed by atoms with E-state index in [0.717, 1.165) is 18.7 Å². The van der Waals surface area contributed by atoms with Crippen LogP contribution in [-0.4, -0.2) is 80.4 Å². The van der Waals surface area contributed by atoms with E-state index in [1.54, 1.807) is 40.9 Å². The standard InChI is InChI=1S/C25H27N5O4/c1-16-5-4-8-29-20(17(2)27-24(16)29)22(31)19-21(18-6-3-7-26-15-18)30(25(33)23(19)32)10-9-28-11-13-34-14-12-28/h3-8,15,21,31H,9-14H2,1-2H3. The summed E-state index contributed by atoms with van der Waals surface area (Å²) in [5.41, 5.74) is 3.37. The van der Waals surface area contributed by atoms with Crippen molar-refractivity contribution >= 4 is 23.1 Å². The number of hydrogen-bond acceptors (Lipinski definition) is 7. The van der Waals surface area contributed by atoms with Gasteiger partial charge in [0.15, 0.2) is 5.76 Å². The number of Topliss-reactive ketones (excluding diaryl/α,β-unsaturated/α-hetero) is 1. The number of morpholine rings is 1. The molecule has 2 aliphatic heterocycles. The fraction of sp³-hybridized carbons (Fsp3) is 0.360. The van der Waals surface area contributed by atoms with Gasteiger partial charge in [-0.05, 0) is 37.1 Å². The maximum Gasteiger partial charge on any atom is 0.295 e. The average Bonchev–Trinajstić information content (AvgIpc) is 3.33. The van der Waals surface area contributed by atoms with Gasteiger partial charge >= 0.3 is 0 Å². The molecule has 1 atom stereocenters. The van der Waals surface area contributed by atoms with Crippen LogP contribution in [0.4, 0.5) is 0 Å². The van der Waals surface area contributed by atoms with Gasteiger partial charge in [0.1, 0.15) is 11.3 Å². The lowest BCUT2D eigenvalue weighted by atomic mass is 9.97. The molecule has 5 rings (SSSR count). The van der Waals surface area contributed by atoms with Gasteiger partial charge in [-0.3, -0.25) is 23.9 Å². The van der Waals surface area contributed by atoms with Gasteiger partial charge < -0.3 is 14.7 Å². The van der Waals surface area contributed by atoms with Crippen LogP contribution in [0.2, 0.25) is 0 Å². The zero-order chi connectivity index (χ0) is 23.8. The molecule has 9 heteroatoms. The molecule has 5 heterocycles. The number of likely N-dealkylation sites (tertiary alicyclic amines) is 1. The van der Waals surface area contributed by atoms with E-state index in [0.29, 0.717) is 48.9 Å². The molecule has 1 N–H and O–H groups in total. The predicted molar refractivity (Wildman–Crippen MR) is 125 cm³/mol. The Hall–Kier alpha value is -3.56. The van der Waals surface area contributed by atoms with Crippen molar-refractivity contribution in [3.63, 3.8) is 0 Å². The fourth-order valence-electron chi connectivity index (χ4n) is 4.80. The van der Waals surface area contributed by atoms with Gasteiger partial charge in [0.05, 0.1) is 30.5 Å². The van der Waals surface area contributed by atoms with E-state index < -0.39 is 17.7 Å². The zero-order valence-electron chi connectivity index (χ0n) is 19.3. The number of hydrogen-bond donors (Lipinski definition) is 1. The molecule has 1 unspecified atom stereocenters. The average molecular weight is 462 g/mol. The molecule has 0 spiro atoms. The van der Waals surface area contributed by atoms with Crippen LogP contribution in [0.3, 0.4) is 0 Å². The number of carbonyl (C=O) groups excluding carboxylic acids is 2. The molecule has 0 saturated carbocycles. The van der Waals surface area contributed by atoms with Gasteiger partial charge in [-0.2, -0.15) is 0 Å². The molecular weight excluding hydrogens is 434 g/mol. The SMILES string of the molecule is Cc1nc2c(C)cccn2c1C(O)=C1C(=O)C(=O)N(CCN2CCOCC2)C1c1cccnc1. The highest BCUT2D eigenvalue weighted by molar-refractivity contribution is 6.46. The van der Waals surface area contributed by atoms with Gasteiger partial charge in [-0.1, -0.05) is 12.1 Å². The molecule has 0 aromatic carbocycles. The lowest BCUT2D eigenvalue weighted by Gasteiger charge is -2.30. The van der Waals surface area contributed by atoms with Crippen LogP contribution >= 0.6 is 0 Å². The summed E-state index contributed by atoms with van der Waals surface area (Å²) in [6.07, 6.45) is 5.07. The minimum atomic E-state index is -0.732. The maximum atomic E-state index is 13.3. The maximum absolute atomic E-state index is 13.3. The van der Waals surface area contributed by atoms with Crippen LogP contribution in [0.5, 0.6) is 0 Å². The summed E-state index contributed by atoms with van der Waals surface area (Å²) in [4.78, 5) is 39.1. The van der Waals surface area contributed by atoms with Crippen molar-refractivity contribution in [1.29, 1.82) is 0 Å². The third kappa shape index (κ3) is 3.76. The van der Waals surface area contributed by atoms with Gasteiger partial charge in [0.25, 0.3) is 11.7 Å². The Morgan fingerprint density at radius 1 is 1.15 bits per heavy atom. The van der Waals surface area contributed by atoms with E-state index in [2.05, 4.69) is 14.9 Å². The molecule has 2 saturated heterocycles. The molecule has 176 valence electrons. The highest BCUT2D eigenvalue weighted by atomic mass is 16.5. The Balaban J connectivity index is 1.61. The number of amides is 1. The van der Waals surface area contributed by atoms with Crippen molar-refractivity contribution in [3.05, 3.63) is 70.9 Å². The number of rotatable bonds is 5. The molecule has 9 nitrogen and oxygen atoms in total. The van der Waals surface area contributed by atoms with Crippen molar-refractivity contribution in [1.82, 2.24) is 24.2 Å². The van der Waals surface area contributed by atoms with Crippen LogP contribution in [0.1, 0.15) is 28.6 Å². The summed E-state index contributed by atoms with van der Waals surface area (Å²) in [6, 6.07) is 6.65. The number of imidazole rings is 1. The summed E-state index contributed by atoms with van der Waals surface area (Å²) >= 11 is 0. The van der Waals surface area contributed by atoms with E-state index >= 15 is 0 Å². The second kappa shape index (κ2) is 9.00. The van der Waals surface area contributed by atoms with E-state index in [9.17, 15) is 14.7 Å². The summed E-state index contributed by atoms with van der Waals surface area (Å²) < 4.78 is 7.18. The summed E-state index contributed by atoms with van der Waals surface area (Å²) in [6.45, 7) is 7.55. The van der Waals surface area contributed by atoms with E-state index in [1.807, 2.05) is 25.1 Å². The van der Waals surface area contributed by atoms with Gasteiger partial charge in [-0.25, -0.2) is 4.98 Å². The summed E-state index contributed by atoms with van der Waals surface area (Å²) in [5, 5.41) is 11.5. The van der Waals surface area contributed by atoms with Gasteiger partial charge in [-0.15, -0.1) is 0 Å². The summed E-state index contributed by atoms with van der Waals surface area (Å²) in [7, 11) is 0. The Labute approximate surface area is 197 Å². The number of pyridine rings is 2. The second-order valence-electron chi connectivity index (χ2n) is 8.66. The zero-order valence-corrected chi connectivity index (χ0v) is 19.3. The Kier molecular flexibility index (Phi) is 5.89. The number of aliphatic hydroxyl groups is 1. The number of nitrogens with zero attached hydrogens (tertiary/aromatic N) is 5. The van der Waals surface area contributed by atoms with Crippen LogP contribution in [0.15, 0.2) is 48.4 Å². The Morgan fingerprint density at radius 3 is 2.68 bits per heavy atom. The quantitative estimate of drug-likeness (QED) is 0.353. The van der Waals surface area contributed by atoms with E-state index in [-0.39, 0.29) is 11.3 Å². The number of carbonyl (C=O) groups is 2. The normalized spacial score (nSPS) is 21.0. The van der Waals surface area contributed by atoms with E-state index in [4.69, 9.17) is 4.74 Å². The molecule has 1 amide bonds. The topological polar surface area (TPSA) is 100 Å². The monoisotopic (exact) mass is 461 g/mol. The van der Waals surface area contributed by atoms with E-state index in [1.165, 1.54) is 0 Å². The molecule has 0 aliphatic carbocycles. The minimum absolute atomic E-state index is 0.0615. The van der Waals surface area contributed by atoms with Crippen LogP contribution in [0.25, 0.3) is 11.4 Å². The van der Waals surface area contributed by atoms with Crippen molar-refractivity contribution < 1.29 is 19.4 Å². The number of aryl methyl sites for hydroxylation is 2. The van der Waals surface area contributed by atoms with Crippen molar-refractivity contribution in [3.8, 4) is 0 Å². The molecule has 3 aromatic heterocycles. The molecule has 2 fully saturated rings. The molecule has 0 radical (unpaired) electrons. The first-order chi connectivity index (χ1) is 16.5. The smallest absolute Gasteiger partial charge is 0.295 e. The molecule has 0 bridgehead atoms. The first-order valence-corrected chi connectivity index (χ1v) is 11.4. The minimum Gasteiger partial charge on any atom is -0.505 e. The lowest BCUT2D eigenvalue weighted by molar-refractivity contribution is -0.140. The first kappa shape index (κ1) is 22.2. The number of aromatic nitrogens is 3. The van der Waals surface area contributed by atoms with Gasteiger partial charge in [0.2, 0.25) is 0 Å². The van der Waals surface area contributed by atoms with Gasteiger partial charge in [0, 0.05) is 44.8 Å². The van der Waals surface area contributed by atoms with Crippen molar-refractivity contribution in [2.24, 2.45) is 0 Å². The summed E-state index contributed by atoms with van der Waals surface area (Å²) in [5.74, 6) is -1.54. The number of ketones is 1. The van der Waals surface area contributed by atoms with Crippen LogP contribution in [-0.2, 0) is 14.3 Å². The largest absolute Gasteiger partial charge is 0.505 e. The first-order valence-electron chi connectivity index (χ1n) is 11.4. The number of fused-ring (bicyclic) bond motifs is 1. The Bertz CT molecular complexity index is 1280. The number of aliphatic hydroxyl groups excluding tert-OH is 1. The lowest BCUT2D eigenvalue weighted by Crippen LogP contribution is -2.42. The second-order valence-corrected chi connectivity index (χ2v) is 8.66. The highest BCUT2D eigenvalue weighted by Crippen LogP contribution is 2.39. The fourth-order valence-corrected chi connectivity index (χ4v) is 4.80. The van der Waals surface area contributed by atoms with Crippen molar-refractivity contribution in [2.75, 3.05) is 39.4 Å². The van der Waals surface area contributed by atoms with Crippen LogP contribution < -0.4 is 0 Å². The predicted octanol–water partition coefficient (Wildman–Crippen LogP) is 2.10. The third-order valence-electron chi connectivity index (χ3n) is 6.54. The van der Waals surface area contributed by atoms with Crippen molar-refractivity contribution in [2.45, 2.75) is 19.9 Å². The molecule has 34 heavy (non-hydrogen) atoms. The Morgan fingerprint density at radius 2 is 1.94 bits per heavy atom. The third-order valence-corrected chi connectivity index (χ3v) is 6.54. The number of ether oxygens (including phenoxy) is 1. The molecule has 2 aliphatic rings. The highest BCUT2D eigenvalue weighted by Gasteiger charge is 2.46. The van der Waals surface area contributed by atoms with Crippen LogP contribution in [0, 0.1) is 13.8 Å². The molecular formula is C25H27N5O4. The molecule has 3 aromatic rings.